The summed E-state index contributed by atoms with van der Waals surface area (Å²) >= 11 is 0. The van der Waals surface area contributed by atoms with Crippen molar-refractivity contribution in [3.05, 3.63) is 29.8 Å². The molecule has 8 nitrogen and oxygen atoms in total. The van der Waals surface area contributed by atoms with E-state index in [2.05, 4.69) is 0 Å². The molecule has 1 aromatic rings. The number of benzene rings is 1. The van der Waals surface area contributed by atoms with Crippen LogP contribution in [0.2, 0.25) is 0 Å². The third-order valence-corrected chi connectivity index (χ3v) is 7.28. The molecular weight excluding hydrogens is 432 g/mol. The molecule has 31 heavy (non-hydrogen) atoms. The summed E-state index contributed by atoms with van der Waals surface area (Å²) in [5.41, 5.74) is 0. The third kappa shape index (κ3) is 6.12. The Bertz CT molecular complexity index is 868. The highest BCUT2D eigenvalue weighted by molar-refractivity contribution is 7.86. The summed E-state index contributed by atoms with van der Waals surface area (Å²) in [6.07, 6.45) is 0.255. The number of carbonyl (C=O) groups is 1. The van der Waals surface area contributed by atoms with Crippen molar-refractivity contribution in [2.24, 2.45) is 0 Å². The van der Waals surface area contributed by atoms with Gasteiger partial charge in [0.15, 0.2) is 11.6 Å². The van der Waals surface area contributed by atoms with Gasteiger partial charge in [-0.3, -0.25) is 4.79 Å². The predicted octanol–water partition coefficient (Wildman–Crippen LogP) is 1.62. The van der Waals surface area contributed by atoms with Gasteiger partial charge in [0.1, 0.15) is 5.82 Å². The van der Waals surface area contributed by atoms with Gasteiger partial charge >= 0.3 is 0 Å². The van der Waals surface area contributed by atoms with Gasteiger partial charge in [-0.15, -0.1) is 0 Å². The largest absolute Gasteiger partial charge is 0.491 e. The number of hydrogen-bond donors (Lipinski definition) is 0. The normalized spacial score (nSPS) is 23.7. The highest BCUT2D eigenvalue weighted by atomic mass is 32.2. The summed E-state index contributed by atoms with van der Waals surface area (Å²) in [4.78, 5) is 14.1. The summed E-state index contributed by atoms with van der Waals surface area (Å²) < 4.78 is 66.0. The first kappa shape index (κ1) is 23.8. The van der Waals surface area contributed by atoms with Gasteiger partial charge < -0.3 is 14.4 Å². The Morgan fingerprint density at radius 2 is 1.74 bits per heavy atom. The zero-order valence-corrected chi connectivity index (χ0v) is 18.6. The molecular formula is C20H29F2N3O5S. The van der Waals surface area contributed by atoms with Crippen molar-refractivity contribution in [3.8, 4) is 5.75 Å². The van der Waals surface area contributed by atoms with Gasteiger partial charge in [0.2, 0.25) is 5.91 Å². The lowest BCUT2D eigenvalue weighted by Gasteiger charge is -2.40. The summed E-state index contributed by atoms with van der Waals surface area (Å²) in [6.45, 7) is 5.59. The Morgan fingerprint density at radius 1 is 1.10 bits per heavy atom. The average molecular weight is 462 g/mol. The minimum absolute atomic E-state index is 0.0561. The second-order valence-electron chi connectivity index (χ2n) is 7.89. The van der Waals surface area contributed by atoms with E-state index in [4.69, 9.17) is 9.47 Å². The van der Waals surface area contributed by atoms with Gasteiger partial charge in [-0.05, 0) is 32.4 Å². The molecule has 0 saturated carbocycles. The molecule has 11 heteroatoms. The summed E-state index contributed by atoms with van der Waals surface area (Å²) in [6, 6.07) is 3.06. The van der Waals surface area contributed by atoms with Crippen molar-refractivity contribution in [2.75, 3.05) is 45.9 Å². The molecule has 0 spiro atoms. The number of carbonyl (C=O) groups excluding carboxylic acids is 1. The maximum absolute atomic E-state index is 13.5. The Hall–Kier alpha value is -1.82. The monoisotopic (exact) mass is 461 g/mol. The van der Waals surface area contributed by atoms with Gasteiger partial charge in [0, 0.05) is 51.8 Å². The highest BCUT2D eigenvalue weighted by Gasteiger charge is 2.37. The Labute approximate surface area is 181 Å². The van der Waals surface area contributed by atoms with Gasteiger partial charge in [-0.25, -0.2) is 8.78 Å². The fraction of sp³-hybridized carbons (Fsp3) is 0.650. The first-order valence-corrected chi connectivity index (χ1v) is 11.8. The van der Waals surface area contributed by atoms with Crippen molar-refractivity contribution in [1.82, 2.24) is 13.5 Å². The third-order valence-electron chi connectivity index (χ3n) is 5.32. The lowest BCUT2D eigenvalue weighted by molar-refractivity contribution is -0.132. The first-order valence-electron chi connectivity index (χ1n) is 10.4. The van der Waals surface area contributed by atoms with E-state index in [0.717, 1.165) is 12.1 Å². The first-order chi connectivity index (χ1) is 14.7. The van der Waals surface area contributed by atoms with Gasteiger partial charge in [0.05, 0.1) is 18.8 Å². The number of nitrogens with zero attached hydrogens (tertiary/aromatic N) is 3. The molecule has 2 aliphatic rings. The molecule has 2 saturated heterocycles. The zero-order valence-electron chi connectivity index (χ0n) is 17.8. The lowest BCUT2D eigenvalue weighted by atomic mass is 10.2. The second kappa shape index (κ2) is 10.2. The van der Waals surface area contributed by atoms with E-state index < -0.39 is 21.8 Å². The quantitative estimate of drug-likeness (QED) is 0.577. The SMILES string of the molecule is CC1CN(S(=O)(=O)N2CCN(C(=O)CCCOc3ccc(F)cc3F)CC2)CC(C)O1. The van der Waals surface area contributed by atoms with Crippen LogP contribution in [0.5, 0.6) is 5.75 Å². The minimum Gasteiger partial charge on any atom is -0.491 e. The molecule has 1 aromatic carbocycles. The fourth-order valence-corrected chi connectivity index (χ4v) is 5.55. The van der Waals surface area contributed by atoms with Crippen LogP contribution in [-0.4, -0.2) is 85.9 Å². The second-order valence-corrected chi connectivity index (χ2v) is 9.82. The van der Waals surface area contributed by atoms with E-state index in [1.807, 2.05) is 13.8 Å². The maximum atomic E-state index is 13.5. The van der Waals surface area contributed by atoms with Crippen LogP contribution in [0.1, 0.15) is 26.7 Å². The van der Waals surface area contributed by atoms with Crippen LogP contribution in [0.4, 0.5) is 8.78 Å². The molecule has 174 valence electrons. The maximum Gasteiger partial charge on any atom is 0.282 e. The molecule has 0 aromatic heterocycles. The van der Waals surface area contributed by atoms with Crippen LogP contribution in [0.15, 0.2) is 18.2 Å². The molecule has 2 unspecified atom stereocenters. The van der Waals surface area contributed by atoms with E-state index >= 15 is 0 Å². The van der Waals surface area contributed by atoms with Crippen molar-refractivity contribution >= 4 is 16.1 Å². The van der Waals surface area contributed by atoms with Crippen LogP contribution >= 0.6 is 0 Å². The summed E-state index contributed by atoms with van der Waals surface area (Å²) in [5.74, 6) is -1.63. The molecule has 3 rings (SSSR count). The van der Waals surface area contributed by atoms with Crippen LogP contribution in [0, 0.1) is 11.6 Å². The van der Waals surface area contributed by atoms with Crippen LogP contribution < -0.4 is 4.74 Å². The molecule has 2 heterocycles. The van der Waals surface area contributed by atoms with Crippen molar-refractivity contribution < 1.29 is 31.5 Å². The minimum atomic E-state index is -3.59. The summed E-state index contributed by atoms with van der Waals surface area (Å²) in [5, 5.41) is 0. The average Bonchev–Trinajstić information content (AvgIpc) is 2.71. The molecule has 2 atom stereocenters. The smallest absolute Gasteiger partial charge is 0.282 e. The molecule has 0 aliphatic carbocycles. The standard InChI is InChI=1S/C20H29F2N3O5S/c1-15-13-25(14-16(2)30-15)31(27,28)24-9-7-23(8-10-24)20(26)4-3-11-29-19-6-5-17(21)12-18(19)22/h5-6,12,15-16H,3-4,7-11,13-14H2,1-2H3. The van der Waals surface area contributed by atoms with Crippen LogP contribution in [0.3, 0.4) is 0 Å². The lowest BCUT2D eigenvalue weighted by Crippen LogP contribution is -2.57. The molecule has 2 fully saturated rings. The molecule has 0 N–H and O–H groups in total. The molecule has 2 aliphatic heterocycles. The number of ether oxygens (including phenoxy) is 2. The van der Waals surface area contributed by atoms with E-state index in [-0.39, 0.29) is 50.0 Å². The van der Waals surface area contributed by atoms with Crippen molar-refractivity contribution in [3.63, 3.8) is 0 Å². The number of amides is 1. The summed E-state index contributed by atoms with van der Waals surface area (Å²) in [7, 11) is -3.59. The number of halogens is 2. The number of morpholine rings is 1. The molecule has 1 amide bonds. The van der Waals surface area contributed by atoms with Gasteiger partial charge in [-0.2, -0.15) is 17.0 Å². The van der Waals surface area contributed by atoms with E-state index in [1.165, 1.54) is 14.7 Å². The van der Waals surface area contributed by atoms with Crippen LogP contribution in [-0.2, 0) is 19.7 Å². The number of hydrogen-bond acceptors (Lipinski definition) is 5. The molecule has 0 radical (unpaired) electrons. The number of rotatable bonds is 7. The fourth-order valence-electron chi connectivity index (χ4n) is 3.81. The number of piperazine rings is 1. The zero-order chi connectivity index (χ0) is 22.6. The molecule has 0 bridgehead atoms. The van der Waals surface area contributed by atoms with Crippen molar-refractivity contribution in [1.29, 1.82) is 0 Å². The van der Waals surface area contributed by atoms with E-state index in [0.29, 0.717) is 32.6 Å². The Kier molecular flexibility index (Phi) is 7.84. The topological polar surface area (TPSA) is 79.4 Å². The Morgan fingerprint density at radius 3 is 2.35 bits per heavy atom. The van der Waals surface area contributed by atoms with Gasteiger partial charge in [0.25, 0.3) is 10.2 Å². The van der Waals surface area contributed by atoms with Crippen molar-refractivity contribution in [2.45, 2.75) is 38.9 Å². The highest BCUT2D eigenvalue weighted by Crippen LogP contribution is 2.20. The van der Waals surface area contributed by atoms with Crippen LogP contribution in [0.25, 0.3) is 0 Å². The van der Waals surface area contributed by atoms with E-state index in [9.17, 15) is 22.0 Å². The van der Waals surface area contributed by atoms with Gasteiger partial charge in [-0.1, -0.05) is 0 Å². The Balaban J connectivity index is 1.42. The van der Waals surface area contributed by atoms with E-state index in [1.54, 1.807) is 4.90 Å². The predicted molar refractivity (Wildman–Crippen MR) is 110 cm³/mol.